The summed E-state index contributed by atoms with van der Waals surface area (Å²) < 4.78 is 43.6. The fourth-order valence-electron chi connectivity index (χ4n) is 5.33. The van der Waals surface area contributed by atoms with E-state index in [-0.39, 0.29) is 11.9 Å². The molecule has 2 heterocycles. The van der Waals surface area contributed by atoms with Crippen molar-refractivity contribution >= 4 is 21.9 Å². The van der Waals surface area contributed by atoms with Crippen molar-refractivity contribution in [2.24, 2.45) is 0 Å². The largest absolute Gasteiger partial charge is 0.438 e. The van der Waals surface area contributed by atoms with Gasteiger partial charge in [-0.15, -0.1) is 0 Å². The van der Waals surface area contributed by atoms with E-state index in [4.69, 9.17) is 15.0 Å². The number of hydrogen-bond donors (Lipinski definition) is 1. The van der Waals surface area contributed by atoms with E-state index in [0.717, 1.165) is 60.3 Å². The Morgan fingerprint density at radius 2 is 1.73 bits per heavy atom. The van der Waals surface area contributed by atoms with Crippen LogP contribution in [0.4, 0.5) is 10.3 Å². The molecule has 0 unspecified atom stereocenters. The van der Waals surface area contributed by atoms with E-state index in [1.54, 1.807) is 36.5 Å². The number of benzene rings is 3. The molecule has 1 aliphatic rings. The molecule has 0 saturated carbocycles. The number of sulfone groups is 1. The van der Waals surface area contributed by atoms with Crippen LogP contribution in [0.5, 0.6) is 11.6 Å². The number of nitrogens with one attached hydrogen (secondary N) is 1. The molecule has 0 amide bonds. The predicted molar refractivity (Wildman–Crippen MR) is 170 cm³/mol. The zero-order valence-electron chi connectivity index (χ0n) is 24.9. The topological polar surface area (TPSA) is 108 Å². The Morgan fingerprint density at radius 3 is 2.34 bits per heavy atom. The quantitative estimate of drug-likeness (QED) is 0.208. The van der Waals surface area contributed by atoms with Gasteiger partial charge in [-0.1, -0.05) is 24.3 Å². The van der Waals surface area contributed by atoms with Crippen LogP contribution in [0, 0.1) is 31.0 Å². The lowest BCUT2D eigenvalue weighted by Crippen LogP contribution is -2.39. The number of ether oxygens (including phenoxy) is 1. The summed E-state index contributed by atoms with van der Waals surface area (Å²) in [5.74, 6) is 1.13. The first kappa shape index (κ1) is 30.9. The summed E-state index contributed by atoms with van der Waals surface area (Å²) in [7, 11) is -3.21. The number of nitrogens with zero attached hydrogens (tertiary/aromatic N) is 4. The lowest BCUT2D eigenvalue weighted by Gasteiger charge is -2.32. The van der Waals surface area contributed by atoms with Crippen molar-refractivity contribution in [1.82, 2.24) is 14.9 Å². The fraction of sp³-hybridized carbons (Fsp3) is 0.265. The Balaban J connectivity index is 1.31. The first-order chi connectivity index (χ1) is 21.1. The molecule has 0 bridgehead atoms. The van der Waals surface area contributed by atoms with Crippen LogP contribution in [-0.4, -0.2) is 48.7 Å². The van der Waals surface area contributed by atoms with E-state index < -0.39 is 9.84 Å². The molecular formula is C34H34FN5O3S. The zero-order chi connectivity index (χ0) is 31.3. The molecule has 1 fully saturated rings. The van der Waals surface area contributed by atoms with Gasteiger partial charge in [-0.25, -0.2) is 17.8 Å². The van der Waals surface area contributed by atoms with Crippen molar-refractivity contribution in [2.75, 3.05) is 24.7 Å². The van der Waals surface area contributed by atoms with Gasteiger partial charge in [0.1, 0.15) is 11.6 Å². The van der Waals surface area contributed by atoms with Crippen LogP contribution in [0.1, 0.15) is 35.1 Å². The monoisotopic (exact) mass is 611 g/mol. The van der Waals surface area contributed by atoms with E-state index in [2.05, 4.69) is 15.2 Å². The summed E-state index contributed by atoms with van der Waals surface area (Å²) in [6.45, 7) is 6.37. The molecule has 0 aliphatic carbocycles. The normalized spacial score (nSPS) is 14.4. The number of hydrogen-bond acceptors (Lipinski definition) is 8. The van der Waals surface area contributed by atoms with Crippen molar-refractivity contribution in [3.8, 4) is 28.8 Å². The van der Waals surface area contributed by atoms with Crippen molar-refractivity contribution in [1.29, 1.82) is 5.26 Å². The number of piperidine rings is 1. The van der Waals surface area contributed by atoms with Crippen LogP contribution >= 0.6 is 0 Å². The molecule has 1 N–H and O–H groups in total. The number of likely N-dealkylation sites (tertiary alicyclic amines) is 1. The maximum absolute atomic E-state index is 13.7. The van der Waals surface area contributed by atoms with Gasteiger partial charge in [0.15, 0.2) is 9.84 Å². The number of allylic oxidation sites excluding steroid dienone is 1. The second-order valence-corrected chi connectivity index (χ2v) is 13.1. The Kier molecular flexibility index (Phi) is 9.37. The lowest BCUT2D eigenvalue weighted by molar-refractivity contribution is 0.211. The van der Waals surface area contributed by atoms with Gasteiger partial charge in [0.05, 0.1) is 16.5 Å². The Labute approximate surface area is 257 Å². The van der Waals surface area contributed by atoms with E-state index >= 15 is 0 Å². The third-order valence-corrected chi connectivity index (χ3v) is 8.75. The van der Waals surface area contributed by atoms with Gasteiger partial charge in [0.25, 0.3) is 0 Å². The average Bonchev–Trinajstić information content (AvgIpc) is 2.99. The van der Waals surface area contributed by atoms with Gasteiger partial charge in [-0.05, 0) is 97.0 Å². The third-order valence-electron chi connectivity index (χ3n) is 7.62. The van der Waals surface area contributed by atoms with Crippen LogP contribution in [0.3, 0.4) is 0 Å². The summed E-state index contributed by atoms with van der Waals surface area (Å²) in [6.07, 6.45) is 7.87. The molecule has 1 saturated heterocycles. The van der Waals surface area contributed by atoms with Gasteiger partial charge < -0.3 is 10.1 Å². The first-order valence-electron chi connectivity index (χ1n) is 14.3. The van der Waals surface area contributed by atoms with E-state index in [0.29, 0.717) is 28.0 Å². The van der Waals surface area contributed by atoms with E-state index in [1.807, 2.05) is 44.2 Å². The van der Waals surface area contributed by atoms with Crippen LogP contribution in [0.15, 0.2) is 77.8 Å². The molecular weight excluding hydrogens is 577 g/mol. The minimum Gasteiger partial charge on any atom is -0.438 e. The SMILES string of the molecule is Cc1cc(/C=C/C#N)cc(C)c1Oc1nc(NC2CCN(Cc3ccc(S(C)(=O)=O)cc3)CC2)ncc1-c1ccc(F)cc1. The molecule has 226 valence electrons. The number of nitriles is 1. The third kappa shape index (κ3) is 7.67. The Bertz CT molecular complexity index is 1790. The highest BCUT2D eigenvalue weighted by Gasteiger charge is 2.22. The molecule has 44 heavy (non-hydrogen) atoms. The van der Waals surface area contributed by atoms with Gasteiger partial charge in [-0.3, -0.25) is 4.90 Å². The van der Waals surface area contributed by atoms with Crippen LogP contribution in [0.2, 0.25) is 0 Å². The van der Waals surface area contributed by atoms with Crippen molar-refractivity contribution in [3.05, 3.63) is 101 Å². The Hall–Kier alpha value is -4.59. The summed E-state index contributed by atoms with van der Waals surface area (Å²) in [6, 6.07) is 19.3. The molecule has 1 aromatic heterocycles. The molecule has 8 nitrogen and oxygen atoms in total. The van der Waals surface area contributed by atoms with Gasteiger partial charge in [0.2, 0.25) is 11.8 Å². The van der Waals surface area contributed by atoms with Crippen molar-refractivity contribution in [2.45, 2.75) is 44.2 Å². The first-order valence-corrected chi connectivity index (χ1v) is 16.2. The molecule has 5 rings (SSSR count). The fourth-order valence-corrected chi connectivity index (χ4v) is 5.96. The molecule has 4 aromatic rings. The summed E-state index contributed by atoms with van der Waals surface area (Å²) in [5.41, 5.74) is 5.12. The number of aromatic nitrogens is 2. The minimum atomic E-state index is -3.21. The number of halogens is 1. The standard InChI is InChI=1S/C34H34FN5O3S/c1-23-19-26(5-4-16-36)20-24(2)32(23)43-33-31(27-8-10-28(35)11-9-27)21-37-34(39-33)38-29-14-17-40(18-15-29)22-25-6-12-30(13-7-25)44(3,41)42/h4-13,19-21,29H,14-15,17-18,22H2,1-3H3,(H,37,38,39)/b5-4+. The van der Waals surface area contributed by atoms with Gasteiger partial charge >= 0.3 is 0 Å². The lowest BCUT2D eigenvalue weighted by atomic mass is 10.0. The van der Waals surface area contributed by atoms with Crippen LogP contribution in [-0.2, 0) is 16.4 Å². The number of rotatable bonds is 9. The minimum absolute atomic E-state index is 0.165. The predicted octanol–water partition coefficient (Wildman–Crippen LogP) is 6.71. The molecule has 0 atom stereocenters. The highest BCUT2D eigenvalue weighted by molar-refractivity contribution is 7.90. The van der Waals surface area contributed by atoms with Gasteiger partial charge in [-0.2, -0.15) is 10.2 Å². The molecule has 0 radical (unpaired) electrons. The highest BCUT2D eigenvalue weighted by Crippen LogP contribution is 2.36. The zero-order valence-corrected chi connectivity index (χ0v) is 25.7. The maximum Gasteiger partial charge on any atom is 0.231 e. The number of anilines is 1. The highest BCUT2D eigenvalue weighted by atomic mass is 32.2. The molecule has 0 spiro atoms. The van der Waals surface area contributed by atoms with Crippen molar-refractivity contribution < 1.29 is 17.5 Å². The number of aryl methyl sites for hydroxylation is 2. The summed E-state index contributed by atoms with van der Waals surface area (Å²) in [4.78, 5) is 12.0. The average molecular weight is 612 g/mol. The molecule has 10 heteroatoms. The molecule has 1 aliphatic heterocycles. The Morgan fingerprint density at radius 1 is 1.07 bits per heavy atom. The second-order valence-electron chi connectivity index (χ2n) is 11.1. The van der Waals surface area contributed by atoms with Crippen LogP contribution < -0.4 is 10.1 Å². The summed E-state index contributed by atoms with van der Waals surface area (Å²) in [5, 5.41) is 12.4. The maximum atomic E-state index is 13.7. The summed E-state index contributed by atoms with van der Waals surface area (Å²) >= 11 is 0. The smallest absolute Gasteiger partial charge is 0.231 e. The van der Waals surface area contributed by atoms with E-state index in [9.17, 15) is 12.8 Å². The second kappa shape index (κ2) is 13.4. The van der Waals surface area contributed by atoms with Gasteiger partial charge in [0, 0.05) is 44.2 Å². The molecule has 3 aromatic carbocycles. The van der Waals surface area contributed by atoms with Crippen LogP contribution in [0.25, 0.3) is 17.2 Å². The van der Waals surface area contributed by atoms with E-state index in [1.165, 1.54) is 24.5 Å². The van der Waals surface area contributed by atoms with Crippen molar-refractivity contribution in [3.63, 3.8) is 0 Å².